The number of nitrogens with one attached hydrogen (secondary N) is 1. The molecule has 0 atom stereocenters. The summed E-state index contributed by atoms with van der Waals surface area (Å²) >= 11 is 4.97. The van der Waals surface area contributed by atoms with E-state index in [0.29, 0.717) is 17.5 Å². The summed E-state index contributed by atoms with van der Waals surface area (Å²) in [6.07, 6.45) is 1.63. The van der Waals surface area contributed by atoms with E-state index in [2.05, 4.69) is 33.0 Å². The number of aryl methyl sites for hydroxylation is 1. The van der Waals surface area contributed by atoms with Crippen LogP contribution in [0.2, 0.25) is 0 Å². The lowest BCUT2D eigenvalue weighted by Gasteiger charge is -2.05. The molecule has 1 N–H and O–H groups in total. The van der Waals surface area contributed by atoms with Crippen LogP contribution in [-0.4, -0.2) is 38.7 Å². The summed E-state index contributed by atoms with van der Waals surface area (Å²) in [5, 5.41) is 14.1. The molecule has 3 rings (SSSR count). The zero-order valence-corrected chi connectivity index (χ0v) is 17.0. The highest BCUT2D eigenvalue weighted by molar-refractivity contribution is 7.99. The monoisotopic (exact) mass is 408 g/mol. The van der Waals surface area contributed by atoms with Crippen LogP contribution in [0.3, 0.4) is 0 Å². The molecule has 26 heavy (non-hydrogen) atoms. The number of rotatable bonds is 9. The molecular formula is C17H20N4O2S3. The molecule has 0 aliphatic rings. The van der Waals surface area contributed by atoms with Crippen molar-refractivity contribution in [2.24, 2.45) is 7.05 Å². The molecule has 0 unspecified atom stereocenters. The molecule has 0 saturated heterocycles. The lowest BCUT2D eigenvalue weighted by atomic mass is 10.2. The average Bonchev–Trinajstić information content (AvgIpc) is 3.35. The van der Waals surface area contributed by atoms with Gasteiger partial charge in [-0.25, -0.2) is 0 Å². The minimum absolute atomic E-state index is 0.00997. The van der Waals surface area contributed by atoms with E-state index in [0.717, 1.165) is 28.7 Å². The molecule has 0 spiro atoms. The van der Waals surface area contributed by atoms with Crippen molar-refractivity contribution in [3.63, 3.8) is 0 Å². The van der Waals surface area contributed by atoms with Crippen LogP contribution in [0, 0.1) is 6.92 Å². The third-order valence-corrected chi connectivity index (χ3v) is 6.75. The van der Waals surface area contributed by atoms with E-state index in [1.165, 1.54) is 16.6 Å². The third kappa shape index (κ3) is 4.93. The fraction of sp³-hybridized carbons (Fsp3) is 0.353. The van der Waals surface area contributed by atoms with Crippen LogP contribution in [0.4, 0.5) is 0 Å². The van der Waals surface area contributed by atoms with Gasteiger partial charge in [0.15, 0.2) is 11.0 Å². The maximum absolute atomic E-state index is 12.0. The van der Waals surface area contributed by atoms with Gasteiger partial charge in [-0.2, -0.15) is 11.8 Å². The normalized spacial score (nSPS) is 11.0. The summed E-state index contributed by atoms with van der Waals surface area (Å²) in [5.74, 6) is 3.78. The predicted molar refractivity (Wildman–Crippen MR) is 108 cm³/mol. The van der Waals surface area contributed by atoms with Gasteiger partial charge in [-0.15, -0.1) is 21.5 Å². The SMILES string of the molecule is Cc1occc1-c1nnc(SCC(=O)NCCSCc2cccs2)n1C. The smallest absolute Gasteiger partial charge is 0.230 e. The fourth-order valence-electron chi connectivity index (χ4n) is 2.30. The molecule has 0 radical (unpaired) electrons. The number of hydrogen-bond acceptors (Lipinski definition) is 7. The number of hydrogen-bond donors (Lipinski definition) is 1. The largest absolute Gasteiger partial charge is 0.469 e. The Morgan fingerprint density at radius 2 is 2.27 bits per heavy atom. The molecule has 1 amide bonds. The Bertz CT molecular complexity index is 842. The Morgan fingerprint density at radius 1 is 1.38 bits per heavy atom. The van der Waals surface area contributed by atoms with Gasteiger partial charge in [-0.1, -0.05) is 17.8 Å². The molecule has 3 aromatic rings. The molecule has 0 fully saturated rings. The lowest BCUT2D eigenvalue weighted by Crippen LogP contribution is -2.27. The van der Waals surface area contributed by atoms with Gasteiger partial charge >= 0.3 is 0 Å². The Morgan fingerprint density at radius 3 is 3.00 bits per heavy atom. The van der Waals surface area contributed by atoms with Crippen molar-refractivity contribution in [1.29, 1.82) is 0 Å². The van der Waals surface area contributed by atoms with Crippen LogP contribution in [0.15, 0.2) is 39.4 Å². The average molecular weight is 409 g/mol. The van der Waals surface area contributed by atoms with Gasteiger partial charge in [0.05, 0.1) is 17.6 Å². The van der Waals surface area contributed by atoms with Crippen molar-refractivity contribution >= 4 is 40.8 Å². The Kier molecular flexibility index (Phi) is 6.81. The number of carbonyl (C=O) groups is 1. The Balaban J connectivity index is 1.39. The molecule has 0 bridgehead atoms. The van der Waals surface area contributed by atoms with E-state index in [-0.39, 0.29) is 5.91 Å². The van der Waals surface area contributed by atoms with Gasteiger partial charge in [0, 0.05) is 30.0 Å². The summed E-state index contributed by atoms with van der Waals surface area (Å²) in [5.41, 5.74) is 0.916. The first-order chi connectivity index (χ1) is 12.6. The highest BCUT2D eigenvalue weighted by atomic mass is 32.2. The minimum Gasteiger partial charge on any atom is -0.469 e. The predicted octanol–water partition coefficient (Wildman–Crippen LogP) is 3.59. The van der Waals surface area contributed by atoms with E-state index in [4.69, 9.17) is 4.42 Å². The number of carbonyl (C=O) groups excluding carboxylic acids is 1. The van der Waals surface area contributed by atoms with E-state index in [9.17, 15) is 4.79 Å². The van der Waals surface area contributed by atoms with Crippen LogP contribution >= 0.6 is 34.9 Å². The van der Waals surface area contributed by atoms with E-state index in [1.807, 2.05) is 36.4 Å². The maximum atomic E-state index is 12.0. The van der Waals surface area contributed by atoms with Gasteiger partial charge in [0.25, 0.3) is 0 Å². The van der Waals surface area contributed by atoms with E-state index in [1.54, 1.807) is 17.6 Å². The van der Waals surface area contributed by atoms with Crippen molar-refractivity contribution in [3.8, 4) is 11.4 Å². The molecular weight excluding hydrogens is 388 g/mol. The zero-order chi connectivity index (χ0) is 18.4. The fourth-order valence-corrected chi connectivity index (χ4v) is 4.74. The number of thioether (sulfide) groups is 2. The van der Waals surface area contributed by atoms with Crippen LogP contribution < -0.4 is 5.32 Å². The second kappa shape index (κ2) is 9.29. The summed E-state index contributed by atoms with van der Waals surface area (Å²) in [6, 6.07) is 6.06. The van der Waals surface area contributed by atoms with Crippen LogP contribution in [0.5, 0.6) is 0 Å². The number of furan rings is 1. The first kappa shape index (κ1) is 19.1. The van der Waals surface area contributed by atoms with Crippen molar-refractivity contribution in [2.75, 3.05) is 18.1 Å². The van der Waals surface area contributed by atoms with Gasteiger partial charge < -0.3 is 14.3 Å². The van der Waals surface area contributed by atoms with Gasteiger partial charge in [-0.05, 0) is 24.4 Å². The molecule has 0 saturated carbocycles. The second-order valence-corrected chi connectivity index (χ2v) is 8.61. The summed E-state index contributed by atoms with van der Waals surface area (Å²) < 4.78 is 7.20. The van der Waals surface area contributed by atoms with Crippen molar-refractivity contribution in [1.82, 2.24) is 20.1 Å². The Labute approximate surface area is 164 Å². The maximum Gasteiger partial charge on any atom is 0.230 e. The van der Waals surface area contributed by atoms with Crippen LogP contribution in [0.25, 0.3) is 11.4 Å². The molecule has 3 aromatic heterocycles. The number of aromatic nitrogens is 3. The topological polar surface area (TPSA) is 72.9 Å². The molecule has 0 aliphatic carbocycles. The van der Waals surface area contributed by atoms with E-state index < -0.39 is 0 Å². The molecule has 0 aliphatic heterocycles. The minimum atomic E-state index is 0.00997. The molecule has 6 nitrogen and oxygen atoms in total. The van der Waals surface area contributed by atoms with Gasteiger partial charge in [-0.3, -0.25) is 4.79 Å². The highest BCUT2D eigenvalue weighted by Crippen LogP contribution is 2.25. The van der Waals surface area contributed by atoms with Crippen LogP contribution in [-0.2, 0) is 17.6 Å². The standard InChI is InChI=1S/C17H20N4O2S3/c1-12-14(5-7-23-12)16-19-20-17(21(16)2)26-11-15(22)18-6-9-24-10-13-4-3-8-25-13/h3-5,7-8H,6,9-11H2,1-2H3,(H,18,22). The summed E-state index contributed by atoms with van der Waals surface area (Å²) in [7, 11) is 1.89. The van der Waals surface area contributed by atoms with Crippen LogP contribution in [0.1, 0.15) is 10.6 Å². The molecule has 9 heteroatoms. The quantitative estimate of drug-likeness (QED) is 0.431. The molecule has 0 aromatic carbocycles. The second-order valence-electron chi connectivity index (χ2n) is 5.53. The van der Waals surface area contributed by atoms with Gasteiger partial charge in [0.2, 0.25) is 5.91 Å². The Hall–Kier alpha value is -1.71. The molecule has 138 valence electrons. The summed E-state index contributed by atoms with van der Waals surface area (Å²) in [6.45, 7) is 2.56. The zero-order valence-electron chi connectivity index (χ0n) is 14.6. The number of nitrogens with zero attached hydrogens (tertiary/aromatic N) is 3. The van der Waals surface area contributed by atoms with Crippen molar-refractivity contribution in [3.05, 3.63) is 40.5 Å². The highest BCUT2D eigenvalue weighted by Gasteiger charge is 2.15. The first-order valence-electron chi connectivity index (χ1n) is 8.08. The van der Waals surface area contributed by atoms with E-state index >= 15 is 0 Å². The number of thiophene rings is 1. The van der Waals surface area contributed by atoms with Crippen molar-refractivity contribution in [2.45, 2.75) is 17.8 Å². The lowest BCUT2D eigenvalue weighted by molar-refractivity contribution is -0.118. The van der Waals surface area contributed by atoms with Crippen molar-refractivity contribution < 1.29 is 9.21 Å². The number of amides is 1. The molecule has 3 heterocycles. The van der Waals surface area contributed by atoms with Gasteiger partial charge in [0.1, 0.15) is 5.76 Å². The summed E-state index contributed by atoms with van der Waals surface area (Å²) in [4.78, 5) is 13.4. The third-order valence-electron chi connectivity index (χ3n) is 3.66. The first-order valence-corrected chi connectivity index (χ1v) is 11.1.